The zero-order chi connectivity index (χ0) is 15.1. The topological polar surface area (TPSA) is 57.1 Å². The van der Waals surface area contributed by atoms with Crippen molar-refractivity contribution in [1.29, 1.82) is 0 Å². The molecule has 5 nitrogen and oxygen atoms in total. The fourth-order valence-electron chi connectivity index (χ4n) is 2.84. The number of nitrogens with one attached hydrogen (secondary N) is 1. The van der Waals surface area contributed by atoms with Gasteiger partial charge in [-0.25, -0.2) is 0 Å². The molecule has 1 saturated carbocycles. The van der Waals surface area contributed by atoms with E-state index in [1.165, 1.54) is 12.8 Å². The van der Waals surface area contributed by atoms with Crippen LogP contribution in [0.1, 0.15) is 46.0 Å². The van der Waals surface area contributed by atoms with Crippen LogP contribution in [-0.4, -0.2) is 61.5 Å². The zero-order valence-electron chi connectivity index (χ0n) is 14.0. The molecule has 0 bridgehead atoms. The van der Waals surface area contributed by atoms with Gasteiger partial charge in [-0.2, -0.15) is 0 Å². The average Bonchev–Trinajstić information content (AvgIpc) is 3.25. The molecule has 1 heterocycles. The van der Waals surface area contributed by atoms with E-state index in [0.29, 0.717) is 5.41 Å². The van der Waals surface area contributed by atoms with Gasteiger partial charge in [-0.1, -0.05) is 0 Å². The van der Waals surface area contributed by atoms with E-state index in [1.54, 1.807) is 0 Å². The molecular weight excluding hydrogens is 393 g/mol. The van der Waals surface area contributed by atoms with E-state index in [0.717, 1.165) is 64.6 Å². The molecule has 0 spiro atoms. The third kappa shape index (κ3) is 6.20. The van der Waals surface area contributed by atoms with Gasteiger partial charge in [0, 0.05) is 39.4 Å². The molecule has 0 aromatic heterocycles. The molecule has 2 fully saturated rings. The number of guanidine groups is 1. The molecular formula is C16H32IN3O2. The lowest BCUT2D eigenvalue weighted by molar-refractivity contribution is 0.107. The van der Waals surface area contributed by atoms with Crippen LogP contribution in [0.2, 0.25) is 0 Å². The molecule has 0 amide bonds. The zero-order valence-corrected chi connectivity index (χ0v) is 16.3. The Labute approximate surface area is 151 Å². The Hall–Kier alpha value is -0.0800. The molecule has 2 N–H and O–H groups in total. The van der Waals surface area contributed by atoms with Gasteiger partial charge in [0.15, 0.2) is 5.96 Å². The Balaban J connectivity index is 0.00000242. The second-order valence-corrected chi connectivity index (χ2v) is 6.34. The highest BCUT2D eigenvalue weighted by molar-refractivity contribution is 14.0. The summed E-state index contributed by atoms with van der Waals surface area (Å²) in [6.45, 7) is 9.42. The second-order valence-electron chi connectivity index (χ2n) is 6.34. The van der Waals surface area contributed by atoms with E-state index in [-0.39, 0.29) is 30.1 Å². The van der Waals surface area contributed by atoms with Gasteiger partial charge < -0.3 is 20.1 Å². The van der Waals surface area contributed by atoms with Crippen LogP contribution in [-0.2, 0) is 4.74 Å². The van der Waals surface area contributed by atoms with Crippen LogP contribution in [0, 0.1) is 5.41 Å². The van der Waals surface area contributed by atoms with Crippen LogP contribution in [0.25, 0.3) is 0 Å². The Bertz CT molecular complexity index is 340. The molecule has 1 aliphatic carbocycles. The lowest BCUT2D eigenvalue weighted by atomic mass is 10.0. The fourth-order valence-corrected chi connectivity index (χ4v) is 2.84. The number of rotatable bonds is 7. The van der Waals surface area contributed by atoms with Crippen molar-refractivity contribution in [3.05, 3.63) is 0 Å². The first-order valence-corrected chi connectivity index (χ1v) is 8.48. The van der Waals surface area contributed by atoms with Gasteiger partial charge in [0.2, 0.25) is 0 Å². The third-order valence-corrected chi connectivity index (χ3v) is 4.60. The van der Waals surface area contributed by atoms with E-state index in [4.69, 9.17) is 9.73 Å². The summed E-state index contributed by atoms with van der Waals surface area (Å²) in [4.78, 5) is 7.16. The van der Waals surface area contributed by atoms with Crippen LogP contribution < -0.4 is 5.32 Å². The van der Waals surface area contributed by atoms with Gasteiger partial charge in [-0.15, -0.1) is 24.0 Å². The minimum atomic E-state index is -0.134. The van der Waals surface area contributed by atoms with Gasteiger partial charge in [0.1, 0.15) is 0 Å². The lowest BCUT2D eigenvalue weighted by Crippen LogP contribution is -2.46. The summed E-state index contributed by atoms with van der Waals surface area (Å²) < 4.78 is 5.49. The fraction of sp³-hybridized carbons (Fsp3) is 0.938. The third-order valence-electron chi connectivity index (χ3n) is 4.60. The predicted molar refractivity (Wildman–Crippen MR) is 101 cm³/mol. The predicted octanol–water partition coefficient (Wildman–Crippen LogP) is 2.23. The van der Waals surface area contributed by atoms with Gasteiger partial charge >= 0.3 is 0 Å². The van der Waals surface area contributed by atoms with E-state index in [1.807, 2.05) is 6.92 Å². The smallest absolute Gasteiger partial charge is 0.193 e. The van der Waals surface area contributed by atoms with Crippen LogP contribution in [0.3, 0.4) is 0 Å². The van der Waals surface area contributed by atoms with Crippen molar-refractivity contribution in [2.24, 2.45) is 10.4 Å². The average molecular weight is 425 g/mol. The quantitative estimate of drug-likeness (QED) is 0.284. The number of halogens is 1. The highest BCUT2D eigenvalue weighted by atomic mass is 127. The summed E-state index contributed by atoms with van der Waals surface area (Å²) in [5.74, 6) is 1.02. The minimum absolute atomic E-state index is 0. The molecule has 1 saturated heterocycles. The lowest BCUT2D eigenvalue weighted by Gasteiger charge is -2.32. The number of likely N-dealkylation sites (tertiary alicyclic amines) is 1. The number of ether oxygens (including phenoxy) is 1. The molecule has 0 atom stereocenters. The number of nitrogens with zero attached hydrogens (tertiary/aromatic N) is 2. The molecule has 2 aliphatic rings. The second kappa shape index (κ2) is 9.93. The molecule has 130 valence electrons. The number of hydrogen-bond acceptors (Lipinski definition) is 3. The van der Waals surface area contributed by atoms with Crippen molar-refractivity contribution in [3.8, 4) is 0 Å². The Morgan fingerprint density at radius 1 is 1.32 bits per heavy atom. The Kier molecular flexibility index (Phi) is 9.01. The summed E-state index contributed by atoms with van der Waals surface area (Å²) >= 11 is 0. The van der Waals surface area contributed by atoms with E-state index in [9.17, 15) is 5.11 Å². The van der Waals surface area contributed by atoms with Crippen molar-refractivity contribution in [2.45, 2.75) is 52.1 Å². The van der Waals surface area contributed by atoms with E-state index in [2.05, 4.69) is 17.1 Å². The Morgan fingerprint density at radius 3 is 2.55 bits per heavy atom. The molecule has 0 unspecified atom stereocenters. The van der Waals surface area contributed by atoms with E-state index < -0.39 is 0 Å². The monoisotopic (exact) mass is 425 g/mol. The molecule has 6 heteroatoms. The maximum Gasteiger partial charge on any atom is 0.193 e. The van der Waals surface area contributed by atoms with Crippen molar-refractivity contribution >= 4 is 29.9 Å². The summed E-state index contributed by atoms with van der Waals surface area (Å²) in [7, 11) is 0. The van der Waals surface area contributed by atoms with Gasteiger partial charge in [0.25, 0.3) is 0 Å². The SMILES string of the molecule is CCNC(=NCC1(CCOCC)CC1)N1CCC(O)CC1.I. The van der Waals surface area contributed by atoms with Gasteiger partial charge in [-0.05, 0) is 51.4 Å². The summed E-state index contributed by atoms with van der Waals surface area (Å²) in [6.07, 6.45) is 5.25. The minimum Gasteiger partial charge on any atom is -0.393 e. The summed E-state index contributed by atoms with van der Waals surface area (Å²) in [5, 5.41) is 13.0. The number of aliphatic imine (C=N–C) groups is 1. The van der Waals surface area contributed by atoms with Crippen LogP contribution in [0.4, 0.5) is 0 Å². The normalized spacial score (nSPS) is 21.4. The van der Waals surface area contributed by atoms with Gasteiger partial charge in [0.05, 0.1) is 6.10 Å². The molecule has 0 aromatic carbocycles. The maximum atomic E-state index is 9.63. The van der Waals surface area contributed by atoms with Crippen molar-refractivity contribution in [3.63, 3.8) is 0 Å². The molecule has 2 rings (SSSR count). The first-order valence-electron chi connectivity index (χ1n) is 8.48. The number of aliphatic hydroxyl groups is 1. The molecule has 0 aromatic rings. The number of hydrogen-bond donors (Lipinski definition) is 2. The van der Waals surface area contributed by atoms with Crippen molar-refractivity contribution < 1.29 is 9.84 Å². The highest BCUT2D eigenvalue weighted by Gasteiger charge is 2.42. The molecule has 1 aliphatic heterocycles. The number of aliphatic hydroxyl groups excluding tert-OH is 1. The van der Waals surface area contributed by atoms with Crippen molar-refractivity contribution in [1.82, 2.24) is 10.2 Å². The Morgan fingerprint density at radius 2 is 2.00 bits per heavy atom. The van der Waals surface area contributed by atoms with E-state index >= 15 is 0 Å². The van der Waals surface area contributed by atoms with Crippen LogP contribution in [0.15, 0.2) is 4.99 Å². The maximum absolute atomic E-state index is 9.63. The molecule has 0 radical (unpaired) electrons. The largest absolute Gasteiger partial charge is 0.393 e. The molecule has 22 heavy (non-hydrogen) atoms. The van der Waals surface area contributed by atoms with Crippen LogP contribution >= 0.6 is 24.0 Å². The summed E-state index contributed by atoms with van der Waals surface area (Å²) in [6, 6.07) is 0. The van der Waals surface area contributed by atoms with Gasteiger partial charge in [-0.3, -0.25) is 4.99 Å². The first kappa shape index (κ1) is 20.0. The highest BCUT2D eigenvalue weighted by Crippen LogP contribution is 2.49. The summed E-state index contributed by atoms with van der Waals surface area (Å²) in [5.41, 5.74) is 0.394. The standard InChI is InChI=1S/C16H31N3O2.HI/c1-3-17-15(19-10-5-14(20)6-11-19)18-13-16(7-8-16)9-12-21-4-2;/h14,20H,3-13H2,1-2H3,(H,17,18);1H. The van der Waals surface area contributed by atoms with Crippen molar-refractivity contribution in [2.75, 3.05) is 39.4 Å². The van der Waals surface area contributed by atoms with Crippen LogP contribution in [0.5, 0.6) is 0 Å². The number of piperidine rings is 1. The first-order chi connectivity index (χ1) is 10.2.